The lowest BCUT2D eigenvalue weighted by Gasteiger charge is -2.42. The Balaban J connectivity index is 1.44. The molecule has 0 N–H and O–H groups in total. The Morgan fingerprint density at radius 2 is 1.84 bits per heavy atom. The van der Waals surface area contributed by atoms with Gasteiger partial charge in [-0.2, -0.15) is 9.97 Å². The Labute approximate surface area is 261 Å². The minimum absolute atomic E-state index is 0.00881. The monoisotopic (exact) mass is 616 g/mol. The van der Waals surface area contributed by atoms with Gasteiger partial charge in [-0.15, -0.1) is 0 Å². The van der Waals surface area contributed by atoms with Gasteiger partial charge in [0.05, 0.1) is 17.5 Å². The van der Waals surface area contributed by atoms with Crippen molar-refractivity contribution in [3.63, 3.8) is 0 Å². The molecule has 0 spiro atoms. The fourth-order valence-electron chi connectivity index (χ4n) is 6.19. The Morgan fingerprint density at radius 3 is 2.51 bits per heavy atom. The van der Waals surface area contributed by atoms with Crippen LogP contribution in [0.1, 0.15) is 39.2 Å². The highest BCUT2D eigenvalue weighted by Gasteiger charge is 2.45. The van der Waals surface area contributed by atoms with Crippen molar-refractivity contribution in [2.75, 3.05) is 38.8 Å². The number of hydrogen-bond acceptors (Lipinski definition) is 10. The highest BCUT2D eigenvalue weighted by molar-refractivity contribution is 6.02. The molecule has 45 heavy (non-hydrogen) atoms. The molecular formula is C33H37FN6O5. The molecule has 2 unspecified atom stereocenters. The van der Waals surface area contributed by atoms with E-state index >= 15 is 4.39 Å². The van der Waals surface area contributed by atoms with Crippen molar-refractivity contribution < 1.29 is 28.1 Å². The van der Waals surface area contributed by atoms with Crippen molar-refractivity contribution >= 4 is 39.7 Å². The van der Waals surface area contributed by atoms with E-state index in [9.17, 15) is 4.79 Å². The third-order valence-electron chi connectivity index (χ3n) is 8.19. The van der Waals surface area contributed by atoms with E-state index in [-0.39, 0.29) is 42.0 Å². The number of ether oxygens (including phenoxy) is 4. The minimum Gasteiger partial charge on any atom is -0.458 e. The van der Waals surface area contributed by atoms with Crippen LogP contribution in [0.15, 0.2) is 43.4 Å². The molecule has 0 saturated carbocycles. The van der Waals surface area contributed by atoms with E-state index in [1.165, 1.54) is 14.2 Å². The number of amides is 1. The van der Waals surface area contributed by atoms with Gasteiger partial charge in [0.15, 0.2) is 12.1 Å². The predicted octanol–water partition coefficient (Wildman–Crippen LogP) is 5.61. The molecule has 3 aromatic heterocycles. The Bertz CT molecular complexity index is 1740. The normalized spacial score (nSPS) is 18.2. The summed E-state index contributed by atoms with van der Waals surface area (Å²) in [6.45, 7) is 10.5. The van der Waals surface area contributed by atoms with Gasteiger partial charge < -0.3 is 23.8 Å². The van der Waals surface area contributed by atoms with E-state index in [0.29, 0.717) is 29.9 Å². The van der Waals surface area contributed by atoms with Crippen molar-refractivity contribution in [1.29, 1.82) is 0 Å². The van der Waals surface area contributed by atoms with Crippen LogP contribution < -0.4 is 9.64 Å². The molecule has 5 heterocycles. The van der Waals surface area contributed by atoms with Gasteiger partial charge in [-0.3, -0.25) is 14.9 Å². The number of rotatable bonds is 8. The topological polar surface area (TPSA) is 112 Å². The summed E-state index contributed by atoms with van der Waals surface area (Å²) >= 11 is 0. The lowest BCUT2D eigenvalue weighted by Crippen LogP contribution is -2.57. The number of aromatic nitrogens is 4. The van der Waals surface area contributed by atoms with E-state index in [1.54, 1.807) is 24.7 Å². The SMILES string of the molecule is C=Cc1cccc2cncc(-c3ncc4c(N5CC6CCC(C5)N6C(=O)OC(C)(C)C)nc(OCC(OC)OC)nc4c3F)c12. The summed E-state index contributed by atoms with van der Waals surface area (Å²) in [4.78, 5) is 35.2. The highest BCUT2D eigenvalue weighted by Crippen LogP contribution is 2.39. The van der Waals surface area contributed by atoms with Gasteiger partial charge in [-0.1, -0.05) is 30.9 Å². The summed E-state index contributed by atoms with van der Waals surface area (Å²) in [6.07, 6.45) is 7.31. The van der Waals surface area contributed by atoms with Crippen molar-refractivity contribution in [2.24, 2.45) is 0 Å². The average Bonchev–Trinajstić information content (AvgIpc) is 3.29. The lowest BCUT2D eigenvalue weighted by atomic mass is 9.99. The van der Waals surface area contributed by atoms with Gasteiger partial charge in [0, 0.05) is 62.2 Å². The van der Waals surface area contributed by atoms with Crippen LogP contribution in [-0.2, 0) is 14.2 Å². The van der Waals surface area contributed by atoms with Crippen molar-refractivity contribution in [3.05, 3.63) is 54.7 Å². The number of carbonyl (C=O) groups excluding carboxylic acids is 1. The maximum absolute atomic E-state index is 16.7. The second kappa shape index (κ2) is 12.2. The first-order chi connectivity index (χ1) is 21.6. The summed E-state index contributed by atoms with van der Waals surface area (Å²) < 4.78 is 38.8. The van der Waals surface area contributed by atoms with Gasteiger partial charge in [0.2, 0.25) is 0 Å². The number of methoxy groups -OCH3 is 2. The quantitative estimate of drug-likeness (QED) is 0.232. The van der Waals surface area contributed by atoms with Crippen LogP contribution in [0, 0.1) is 5.82 Å². The van der Waals surface area contributed by atoms with E-state index in [1.807, 2.05) is 43.9 Å². The predicted molar refractivity (Wildman–Crippen MR) is 169 cm³/mol. The summed E-state index contributed by atoms with van der Waals surface area (Å²) in [6, 6.07) is 5.53. The number of benzene rings is 1. The highest BCUT2D eigenvalue weighted by atomic mass is 19.1. The summed E-state index contributed by atoms with van der Waals surface area (Å²) in [5.41, 5.74) is 0.918. The molecule has 2 aliphatic rings. The van der Waals surface area contributed by atoms with Gasteiger partial charge >= 0.3 is 12.1 Å². The molecular weight excluding hydrogens is 579 g/mol. The smallest absolute Gasteiger partial charge is 0.410 e. The molecule has 12 heteroatoms. The number of hydrogen-bond donors (Lipinski definition) is 0. The molecule has 2 saturated heterocycles. The average molecular weight is 617 g/mol. The Kier molecular flexibility index (Phi) is 8.27. The van der Waals surface area contributed by atoms with Crippen LogP contribution in [-0.4, -0.2) is 88.8 Å². The van der Waals surface area contributed by atoms with Crippen molar-refractivity contribution in [2.45, 2.75) is 57.6 Å². The van der Waals surface area contributed by atoms with Crippen molar-refractivity contribution in [1.82, 2.24) is 24.8 Å². The molecule has 2 bridgehead atoms. The summed E-state index contributed by atoms with van der Waals surface area (Å²) in [7, 11) is 2.99. The van der Waals surface area contributed by atoms with E-state index < -0.39 is 17.7 Å². The second-order valence-electron chi connectivity index (χ2n) is 12.2. The zero-order valence-corrected chi connectivity index (χ0v) is 26.1. The van der Waals surface area contributed by atoms with Gasteiger partial charge in [-0.25, -0.2) is 9.18 Å². The number of pyridine rings is 2. The number of nitrogens with zero attached hydrogens (tertiary/aromatic N) is 6. The molecule has 6 rings (SSSR count). The number of halogens is 1. The number of carbonyl (C=O) groups is 1. The molecule has 0 radical (unpaired) electrons. The summed E-state index contributed by atoms with van der Waals surface area (Å²) in [5.74, 6) is -0.151. The molecule has 4 aromatic rings. The molecule has 1 amide bonds. The maximum Gasteiger partial charge on any atom is 0.410 e. The fraction of sp³-hybridized carbons (Fsp3) is 0.424. The largest absolute Gasteiger partial charge is 0.458 e. The van der Waals surface area contributed by atoms with Gasteiger partial charge in [0.25, 0.3) is 0 Å². The van der Waals surface area contributed by atoms with Crippen LogP contribution in [0.2, 0.25) is 0 Å². The van der Waals surface area contributed by atoms with E-state index in [0.717, 1.165) is 29.2 Å². The molecule has 11 nitrogen and oxygen atoms in total. The maximum atomic E-state index is 16.7. The lowest BCUT2D eigenvalue weighted by molar-refractivity contribution is -0.123. The van der Waals surface area contributed by atoms with Crippen molar-refractivity contribution in [3.8, 4) is 17.3 Å². The fourth-order valence-corrected chi connectivity index (χ4v) is 6.19. The third-order valence-corrected chi connectivity index (χ3v) is 8.19. The summed E-state index contributed by atoms with van der Waals surface area (Å²) in [5, 5.41) is 2.06. The van der Waals surface area contributed by atoms with Crippen LogP contribution in [0.4, 0.5) is 15.0 Å². The van der Waals surface area contributed by atoms with Gasteiger partial charge in [-0.05, 0) is 39.2 Å². The molecule has 0 aliphatic carbocycles. The zero-order chi connectivity index (χ0) is 31.9. The van der Waals surface area contributed by atoms with E-state index in [2.05, 4.69) is 26.4 Å². The molecule has 1 aromatic carbocycles. The third kappa shape index (κ3) is 5.87. The Morgan fingerprint density at radius 1 is 1.11 bits per heavy atom. The standard InChI is InChI=1S/C33H37FN6O5/c1-7-19-9-8-10-20-13-35-14-23(26(19)20)28-27(34)29-24(15-36-28)30(38-31(37-29)44-18-25(42-5)43-6)39-16-21-11-12-22(17-39)40(21)32(41)45-33(2,3)4/h7-10,13-15,21-22,25H,1,11-12,16-18H2,2-6H3. The number of anilines is 1. The van der Waals surface area contributed by atoms with Crippen LogP contribution in [0.3, 0.4) is 0 Å². The first-order valence-electron chi connectivity index (χ1n) is 14.9. The molecule has 236 valence electrons. The number of fused-ring (bicyclic) bond motifs is 4. The molecule has 2 fully saturated rings. The Hall–Kier alpha value is -4.42. The molecule has 2 aliphatic heterocycles. The van der Waals surface area contributed by atoms with Gasteiger partial charge in [0.1, 0.15) is 29.2 Å². The zero-order valence-electron chi connectivity index (χ0n) is 26.1. The molecule has 2 atom stereocenters. The van der Waals surface area contributed by atoms with Crippen LogP contribution >= 0.6 is 0 Å². The first kappa shape index (κ1) is 30.6. The van der Waals surface area contributed by atoms with Crippen LogP contribution in [0.5, 0.6) is 6.01 Å². The second-order valence-corrected chi connectivity index (χ2v) is 12.2. The van der Waals surface area contributed by atoms with Crippen LogP contribution in [0.25, 0.3) is 39.0 Å². The minimum atomic E-state index is -0.669. The van der Waals surface area contributed by atoms with E-state index in [4.69, 9.17) is 23.9 Å². The first-order valence-corrected chi connectivity index (χ1v) is 14.9. The number of piperazine rings is 1.